The van der Waals surface area contributed by atoms with Crippen LogP contribution in [0.1, 0.15) is 6.42 Å². The largest absolute Gasteiger partial charge is 0.367 e. The van der Waals surface area contributed by atoms with Crippen LogP contribution in [0.4, 0.5) is 40.4 Å². The topological polar surface area (TPSA) is 74.3 Å². The third-order valence-corrected chi connectivity index (χ3v) is 6.61. The molecular formula is C19H16F4N4O2S2. The lowest BCUT2D eigenvalue weighted by molar-refractivity contribution is 0.364. The van der Waals surface area contributed by atoms with E-state index in [1.807, 2.05) is 0 Å². The standard InChI is InChI=1S/C19H16F4N4O2S2/c20-11-1-2-16(17(5-11)27-4-3-12(21)8-27)25-19-14(22)6-13(7-15(19)23)31(28,29)26-18-9-30-10-24-18/h1-2,5-7,9-10,12,25-26H,3-4,8H2/t12-/m1/s1. The van der Waals surface area contributed by atoms with Crippen LogP contribution >= 0.6 is 11.3 Å². The number of aromatic nitrogens is 1. The van der Waals surface area contributed by atoms with E-state index in [0.29, 0.717) is 18.7 Å². The third-order valence-electron chi connectivity index (χ3n) is 4.69. The highest BCUT2D eigenvalue weighted by Crippen LogP contribution is 2.35. The zero-order valence-electron chi connectivity index (χ0n) is 15.8. The monoisotopic (exact) mass is 472 g/mol. The van der Waals surface area contributed by atoms with Crippen LogP contribution in [0, 0.1) is 17.5 Å². The van der Waals surface area contributed by atoms with Gasteiger partial charge in [-0.3, -0.25) is 4.72 Å². The van der Waals surface area contributed by atoms with Gasteiger partial charge in [-0.25, -0.2) is 31.0 Å². The molecule has 1 fully saturated rings. The van der Waals surface area contributed by atoms with Crippen LogP contribution in [0.2, 0.25) is 0 Å². The Morgan fingerprint density at radius 1 is 1.13 bits per heavy atom. The Labute approximate surface area is 179 Å². The summed E-state index contributed by atoms with van der Waals surface area (Å²) in [5.74, 6) is -2.89. The molecule has 0 bridgehead atoms. The molecule has 0 unspecified atom stereocenters. The number of alkyl halides is 1. The molecule has 1 aliphatic rings. The van der Waals surface area contributed by atoms with Crippen molar-refractivity contribution in [2.45, 2.75) is 17.5 Å². The summed E-state index contributed by atoms with van der Waals surface area (Å²) in [6, 6.07) is 4.85. The first-order chi connectivity index (χ1) is 14.7. The number of rotatable bonds is 6. The van der Waals surface area contributed by atoms with Crippen LogP contribution in [-0.2, 0) is 10.0 Å². The molecule has 164 valence electrons. The quantitative estimate of drug-likeness (QED) is 0.511. The molecule has 2 heterocycles. The van der Waals surface area contributed by atoms with Crippen molar-refractivity contribution in [1.82, 2.24) is 4.98 Å². The van der Waals surface area contributed by atoms with Crippen molar-refractivity contribution in [1.29, 1.82) is 0 Å². The van der Waals surface area contributed by atoms with Gasteiger partial charge in [0.05, 0.1) is 21.8 Å². The first kappa shape index (κ1) is 21.4. The lowest BCUT2D eigenvalue weighted by atomic mass is 10.2. The minimum atomic E-state index is -4.26. The first-order valence-electron chi connectivity index (χ1n) is 9.08. The number of hydrogen-bond donors (Lipinski definition) is 2. The predicted octanol–water partition coefficient (Wildman–Crippen LogP) is 4.65. The van der Waals surface area contributed by atoms with Gasteiger partial charge in [0.2, 0.25) is 0 Å². The zero-order valence-corrected chi connectivity index (χ0v) is 17.4. The summed E-state index contributed by atoms with van der Waals surface area (Å²) in [5.41, 5.74) is 1.19. The van der Waals surface area contributed by atoms with Crippen LogP contribution in [0.15, 0.2) is 46.1 Å². The maximum absolute atomic E-state index is 14.7. The van der Waals surface area contributed by atoms with E-state index in [4.69, 9.17) is 0 Å². The molecule has 31 heavy (non-hydrogen) atoms. The molecule has 0 spiro atoms. The Morgan fingerprint density at radius 3 is 2.48 bits per heavy atom. The van der Waals surface area contributed by atoms with Gasteiger partial charge < -0.3 is 10.2 Å². The van der Waals surface area contributed by atoms with Gasteiger partial charge in [0.25, 0.3) is 10.0 Å². The second-order valence-electron chi connectivity index (χ2n) is 6.86. The van der Waals surface area contributed by atoms with E-state index < -0.39 is 44.2 Å². The Kier molecular flexibility index (Phi) is 5.75. The number of hydrogen-bond acceptors (Lipinski definition) is 6. The fourth-order valence-corrected chi connectivity index (χ4v) is 4.81. The lowest BCUT2D eigenvalue weighted by Crippen LogP contribution is -2.21. The highest BCUT2D eigenvalue weighted by Gasteiger charge is 2.26. The summed E-state index contributed by atoms with van der Waals surface area (Å²) in [4.78, 5) is 4.72. The van der Waals surface area contributed by atoms with E-state index in [1.54, 1.807) is 4.90 Å². The van der Waals surface area contributed by atoms with E-state index in [9.17, 15) is 26.0 Å². The molecule has 0 aliphatic carbocycles. The molecule has 0 saturated carbocycles. The summed E-state index contributed by atoms with van der Waals surface area (Å²) >= 11 is 1.15. The van der Waals surface area contributed by atoms with Gasteiger partial charge in [0.1, 0.15) is 17.7 Å². The summed E-state index contributed by atoms with van der Waals surface area (Å²) in [5, 5.41) is 3.97. The Bertz CT molecular complexity index is 1180. The molecule has 6 nitrogen and oxygen atoms in total. The third kappa shape index (κ3) is 4.59. The Balaban J connectivity index is 1.65. The van der Waals surface area contributed by atoms with Crippen molar-refractivity contribution in [2.75, 3.05) is 28.0 Å². The number of anilines is 4. The van der Waals surface area contributed by atoms with Gasteiger partial charge in [-0.2, -0.15) is 0 Å². The van der Waals surface area contributed by atoms with Gasteiger partial charge in [0.15, 0.2) is 17.5 Å². The number of halogens is 4. The summed E-state index contributed by atoms with van der Waals surface area (Å²) in [7, 11) is -4.26. The van der Waals surface area contributed by atoms with Crippen molar-refractivity contribution in [3.05, 3.63) is 58.7 Å². The van der Waals surface area contributed by atoms with Crippen LogP contribution in [0.5, 0.6) is 0 Å². The second kappa shape index (κ2) is 8.35. The van der Waals surface area contributed by atoms with E-state index >= 15 is 0 Å². The highest BCUT2D eigenvalue weighted by atomic mass is 32.2. The van der Waals surface area contributed by atoms with Crippen molar-refractivity contribution >= 4 is 44.2 Å². The highest BCUT2D eigenvalue weighted by molar-refractivity contribution is 7.92. The average molecular weight is 472 g/mol. The molecule has 1 aromatic heterocycles. The number of nitrogens with zero attached hydrogens (tertiary/aromatic N) is 2. The van der Waals surface area contributed by atoms with Gasteiger partial charge in [-0.05, 0) is 36.8 Å². The van der Waals surface area contributed by atoms with Gasteiger partial charge in [-0.15, -0.1) is 11.3 Å². The van der Waals surface area contributed by atoms with Crippen LogP contribution in [0.3, 0.4) is 0 Å². The molecule has 0 radical (unpaired) electrons. The molecule has 1 aliphatic heterocycles. The summed E-state index contributed by atoms with van der Waals surface area (Å²) in [6.45, 7) is 0.353. The predicted molar refractivity (Wildman–Crippen MR) is 111 cm³/mol. The van der Waals surface area contributed by atoms with Crippen molar-refractivity contribution < 1.29 is 26.0 Å². The summed E-state index contributed by atoms with van der Waals surface area (Å²) in [6.07, 6.45) is -0.823. The van der Waals surface area contributed by atoms with Crippen molar-refractivity contribution in [2.24, 2.45) is 0 Å². The fraction of sp³-hybridized carbons (Fsp3) is 0.211. The van der Waals surface area contributed by atoms with Crippen LogP contribution in [0.25, 0.3) is 0 Å². The van der Waals surface area contributed by atoms with Gasteiger partial charge in [0, 0.05) is 18.5 Å². The molecule has 1 saturated heterocycles. The smallest absolute Gasteiger partial charge is 0.263 e. The van der Waals surface area contributed by atoms with E-state index in [2.05, 4.69) is 15.0 Å². The second-order valence-corrected chi connectivity index (χ2v) is 9.26. The van der Waals surface area contributed by atoms with E-state index in [-0.39, 0.29) is 30.2 Å². The SMILES string of the molecule is O=S(=O)(Nc1cscn1)c1cc(F)c(Nc2ccc(F)cc2N2CC[C@@H](F)C2)c(F)c1. The van der Waals surface area contributed by atoms with Crippen LogP contribution in [-0.4, -0.2) is 32.7 Å². The number of benzene rings is 2. The molecule has 3 aromatic rings. The number of nitrogens with one attached hydrogen (secondary N) is 2. The van der Waals surface area contributed by atoms with Gasteiger partial charge >= 0.3 is 0 Å². The summed E-state index contributed by atoms with van der Waals surface area (Å²) < 4.78 is 83.7. The molecule has 2 aromatic carbocycles. The minimum absolute atomic E-state index is 0.0285. The van der Waals surface area contributed by atoms with E-state index in [0.717, 1.165) is 23.5 Å². The Morgan fingerprint density at radius 2 is 1.87 bits per heavy atom. The normalized spacial score (nSPS) is 16.5. The van der Waals surface area contributed by atoms with Crippen molar-refractivity contribution in [3.8, 4) is 0 Å². The number of thiazole rings is 1. The molecule has 2 N–H and O–H groups in total. The lowest BCUT2D eigenvalue weighted by Gasteiger charge is -2.22. The zero-order chi connectivity index (χ0) is 22.2. The molecule has 12 heteroatoms. The maximum Gasteiger partial charge on any atom is 0.263 e. The first-order valence-corrected chi connectivity index (χ1v) is 11.5. The Hall–Kier alpha value is -2.86. The van der Waals surface area contributed by atoms with Crippen molar-refractivity contribution in [3.63, 3.8) is 0 Å². The molecular weight excluding hydrogens is 456 g/mol. The van der Waals surface area contributed by atoms with Gasteiger partial charge in [-0.1, -0.05) is 0 Å². The number of sulfonamides is 1. The molecule has 1 atom stereocenters. The maximum atomic E-state index is 14.7. The average Bonchev–Trinajstić information content (AvgIpc) is 3.36. The van der Waals surface area contributed by atoms with Crippen LogP contribution < -0.4 is 14.9 Å². The minimum Gasteiger partial charge on any atom is -0.367 e. The van der Waals surface area contributed by atoms with E-state index in [1.165, 1.54) is 17.0 Å². The fourth-order valence-electron chi connectivity index (χ4n) is 3.23. The molecule has 0 amide bonds. The molecule has 4 rings (SSSR count).